The van der Waals surface area contributed by atoms with Crippen molar-refractivity contribution >= 4 is 23.7 Å². The van der Waals surface area contributed by atoms with Gasteiger partial charge in [0.2, 0.25) is 0 Å². The molecule has 0 bridgehead atoms. The Hall–Kier alpha value is -3.71. The Bertz CT molecular complexity index is 1160. The molecule has 0 spiro atoms. The highest BCUT2D eigenvalue weighted by Gasteiger charge is 2.10. The SMILES string of the molecule is O=C(O)CCCSC(/C=C\Cc1ccccc1OCCCOc1ccccc1)Cc1ccc(C(=O)O)cc1. The zero-order valence-electron chi connectivity index (χ0n) is 21.3. The van der Waals surface area contributed by atoms with Crippen LogP contribution in [0.2, 0.25) is 0 Å². The number of rotatable bonds is 17. The molecule has 0 heterocycles. The second-order valence-electron chi connectivity index (χ2n) is 8.72. The van der Waals surface area contributed by atoms with Gasteiger partial charge in [0.1, 0.15) is 11.5 Å². The molecule has 2 N–H and O–H groups in total. The number of thioether (sulfide) groups is 1. The van der Waals surface area contributed by atoms with Gasteiger partial charge in [-0.1, -0.05) is 60.7 Å². The van der Waals surface area contributed by atoms with Crippen molar-refractivity contribution in [2.75, 3.05) is 19.0 Å². The lowest BCUT2D eigenvalue weighted by atomic mass is 10.1. The van der Waals surface area contributed by atoms with Crippen LogP contribution < -0.4 is 9.47 Å². The van der Waals surface area contributed by atoms with Gasteiger partial charge in [-0.15, -0.1) is 0 Å². The molecule has 0 saturated carbocycles. The van der Waals surface area contributed by atoms with Crippen molar-refractivity contribution in [3.05, 3.63) is 108 Å². The lowest BCUT2D eigenvalue weighted by Gasteiger charge is -2.14. The Morgan fingerprint density at radius 3 is 2.29 bits per heavy atom. The molecule has 200 valence electrons. The summed E-state index contributed by atoms with van der Waals surface area (Å²) < 4.78 is 11.8. The third-order valence-corrected chi connectivity index (χ3v) is 7.00. The standard InChI is InChI=1S/C31H34O6S/c32-30(33)15-7-22-38-28(23-24-16-18-26(19-17-24)31(34)35)13-6-10-25-9-4-5-14-29(25)37-21-8-20-36-27-11-2-1-3-12-27/h1-6,9,11-14,16-19,28H,7-8,10,15,20-23H2,(H,32,33)(H,34,35)/b13-6-. The Morgan fingerprint density at radius 1 is 0.842 bits per heavy atom. The quantitative estimate of drug-likeness (QED) is 0.150. The summed E-state index contributed by atoms with van der Waals surface area (Å²) in [5.41, 5.74) is 2.39. The van der Waals surface area contributed by atoms with Crippen LogP contribution >= 0.6 is 11.8 Å². The third-order valence-electron chi connectivity index (χ3n) is 5.72. The molecule has 0 fully saturated rings. The fourth-order valence-electron chi connectivity index (χ4n) is 3.76. The fraction of sp³-hybridized carbons (Fsp3) is 0.290. The monoisotopic (exact) mass is 534 g/mol. The number of allylic oxidation sites excluding steroid dienone is 1. The number of hydrogen-bond acceptors (Lipinski definition) is 5. The van der Waals surface area contributed by atoms with E-state index in [2.05, 4.69) is 18.2 Å². The largest absolute Gasteiger partial charge is 0.493 e. The molecule has 0 aromatic heterocycles. The van der Waals surface area contributed by atoms with Crippen molar-refractivity contribution in [2.24, 2.45) is 0 Å². The lowest BCUT2D eigenvalue weighted by molar-refractivity contribution is -0.137. The van der Waals surface area contributed by atoms with E-state index in [9.17, 15) is 9.59 Å². The minimum Gasteiger partial charge on any atom is -0.493 e. The van der Waals surface area contributed by atoms with Crippen molar-refractivity contribution in [1.82, 2.24) is 0 Å². The molecule has 7 heteroatoms. The Labute approximate surface area is 228 Å². The number of ether oxygens (including phenoxy) is 2. The minimum absolute atomic E-state index is 0.141. The molecule has 0 aliphatic rings. The highest BCUT2D eigenvalue weighted by Crippen LogP contribution is 2.23. The van der Waals surface area contributed by atoms with E-state index >= 15 is 0 Å². The minimum atomic E-state index is -0.944. The lowest BCUT2D eigenvalue weighted by Crippen LogP contribution is -2.07. The van der Waals surface area contributed by atoms with E-state index < -0.39 is 11.9 Å². The number of benzene rings is 3. The number of carboxylic acids is 2. The maximum atomic E-state index is 11.1. The highest BCUT2D eigenvalue weighted by atomic mass is 32.2. The van der Waals surface area contributed by atoms with Crippen molar-refractivity contribution < 1.29 is 29.3 Å². The van der Waals surface area contributed by atoms with Crippen LogP contribution in [0.5, 0.6) is 11.5 Å². The van der Waals surface area contributed by atoms with Crippen LogP contribution in [0.4, 0.5) is 0 Å². The Morgan fingerprint density at radius 2 is 1.55 bits per heavy atom. The van der Waals surface area contributed by atoms with Crippen LogP contribution in [-0.4, -0.2) is 46.4 Å². The molecule has 0 aliphatic carbocycles. The van der Waals surface area contributed by atoms with E-state index in [4.69, 9.17) is 19.7 Å². The maximum absolute atomic E-state index is 11.1. The number of aromatic carboxylic acids is 1. The molecular weight excluding hydrogens is 500 g/mol. The van der Waals surface area contributed by atoms with Crippen molar-refractivity contribution in [3.8, 4) is 11.5 Å². The normalized spacial score (nSPS) is 11.8. The van der Waals surface area contributed by atoms with E-state index in [-0.39, 0.29) is 17.2 Å². The van der Waals surface area contributed by atoms with Gasteiger partial charge in [0.15, 0.2) is 0 Å². The van der Waals surface area contributed by atoms with Crippen LogP contribution in [0.25, 0.3) is 0 Å². The molecule has 0 radical (unpaired) electrons. The Kier molecular flexibility index (Phi) is 12.3. The number of aliphatic carboxylic acids is 1. The summed E-state index contributed by atoms with van der Waals surface area (Å²) >= 11 is 1.71. The first kappa shape index (κ1) is 28.9. The number of para-hydroxylation sites is 2. The molecule has 0 aliphatic heterocycles. The summed E-state index contributed by atoms with van der Waals surface area (Å²) in [4.78, 5) is 22.0. The third kappa shape index (κ3) is 10.7. The van der Waals surface area contributed by atoms with Gasteiger partial charge < -0.3 is 19.7 Å². The second kappa shape index (κ2) is 16.2. The van der Waals surface area contributed by atoms with Crippen molar-refractivity contribution in [2.45, 2.75) is 37.4 Å². The van der Waals surface area contributed by atoms with Crippen molar-refractivity contribution in [3.63, 3.8) is 0 Å². The zero-order valence-corrected chi connectivity index (χ0v) is 22.1. The first-order chi connectivity index (χ1) is 18.5. The average molecular weight is 535 g/mol. The van der Waals surface area contributed by atoms with E-state index in [0.717, 1.165) is 41.2 Å². The van der Waals surface area contributed by atoms with Gasteiger partial charge in [0, 0.05) is 18.1 Å². The van der Waals surface area contributed by atoms with Crippen LogP contribution in [0.15, 0.2) is 91.0 Å². The van der Waals surface area contributed by atoms with Gasteiger partial charge in [-0.05, 0) is 66.5 Å². The summed E-state index contributed by atoms with van der Waals surface area (Å²) in [6.45, 7) is 1.14. The van der Waals surface area contributed by atoms with Crippen molar-refractivity contribution in [1.29, 1.82) is 0 Å². The van der Waals surface area contributed by atoms with Gasteiger partial charge in [-0.3, -0.25) is 4.79 Å². The summed E-state index contributed by atoms with van der Waals surface area (Å²) in [7, 11) is 0. The smallest absolute Gasteiger partial charge is 0.335 e. The summed E-state index contributed by atoms with van der Waals surface area (Å²) in [6, 6.07) is 24.6. The molecule has 38 heavy (non-hydrogen) atoms. The Balaban J connectivity index is 1.54. The average Bonchev–Trinajstić information content (AvgIpc) is 2.92. The molecule has 0 amide bonds. The summed E-state index contributed by atoms with van der Waals surface area (Å²) in [5, 5.41) is 18.2. The number of carboxylic acid groups (broad SMARTS) is 2. The van der Waals surface area contributed by atoms with Crippen LogP contribution in [0.1, 0.15) is 40.7 Å². The van der Waals surface area contributed by atoms with E-state index in [1.165, 1.54) is 0 Å². The second-order valence-corrected chi connectivity index (χ2v) is 10.1. The van der Waals surface area contributed by atoms with Gasteiger partial charge in [-0.2, -0.15) is 11.8 Å². The molecule has 1 atom stereocenters. The predicted molar refractivity (Wildman–Crippen MR) is 152 cm³/mol. The highest BCUT2D eigenvalue weighted by molar-refractivity contribution is 8.00. The molecule has 0 saturated heterocycles. The molecule has 6 nitrogen and oxygen atoms in total. The molecule has 3 rings (SSSR count). The van der Waals surface area contributed by atoms with E-state index in [1.54, 1.807) is 23.9 Å². The fourth-order valence-corrected chi connectivity index (χ4v) is 4.91. The van der Waals surface area contributed by atoms with Gasteiger partial charge in [-0.25, -0.2) is 4.79 Å². The van der Waals surface area contributed by atoms with Crippen LogP contribution in [0.3, 0.4) is 0 Å². The summed E-state index contributed by atoms with van der Waals surface area (Å²) in [5.74, 6) is 0.711. The first-order valence-corrected chi connectivity index (χ1v) is 13.8. The topological polar surface area (TPSA) is 93.1 Å². The van der Waals surface area contributed by atoms with Crippen LogP contribution in [0, 0.1) is 0 Å². The zero-order chi connectivity index (χ0) is 27.0. The first-order valence-electron chi connectivity index (χ1n) is 12.7. The summed E-state index contributed by atoms with van der Waals surface area (Å²) in [6.07, 6.45) is 7.25. The van der Waals surface area contributed by atoms with Gasteiger partial charge in [0.25, 0.3) is 0 Å². The van der Waals surface area contributed by atoms with Gasteiger partial charge >= 0.3 is 11.9 Å². The molecule has 1 unspecified atom stereocenters. The predicted octanol–water partition coefficient (Wildman–Crippen LogP) is 6.54. The number of hydrogen-bond donors (Lipinski definition) is 2. The molecule has 3 aromatic carbocycles. The van der Waals surface area contributed by atoms with E-state index in [1.807, 2.05) is 60.7 Å². The van der Waals surface area contributed by atoms with Crippen LogP contribution in [-0.2, 0) is 17.6 Å². The molecule has 3 aromatic rings. The van der Waals surface area contributed by atoms with Gasteiger partial charge in [0.05, 0.1) is 18.8 Å². The molecular formula is C31H34O6S. The number of carbonyl (C=O) groups is 2. The maximum Gasteiger partial charge on any atom is 0.335 e. The van der Waals surface area contributed by atoms with E-state index in [0.29, 0.717) is 26.1 Å².